The summed E-state index contributed by atoms with van der Waals surface area (Å²) >= 11 is 0. The largest absolute Gasteiger partial charge is 0.489 e. The van der Waals surface area contributed by atoms with Crippen LogP contribution in [0.2, 0.25) is 0 Å². The Morgan fingerprint density at radius 3 is 2.58 bits per heavy atom. The predicted molar refractivity (Wildman–Crippen MR) is 106 cm³/mol. The molecule has 140 valence electrons. The number of benzene rings is 2. The number of morpholine rings is 1. The minimum absolute atomic E-state index is 0.617. The fourth-order valence-electron chi connectivity index (χ4n) is 3.12. The molecule has 0 saturated carbocycles. The van der Waals surface area contributed by atoms with Crippen LogP contribution >= 0.6 is 0 Å². The molecule has 4 nitrogen and oxygen atoms in total. The molecule has 1 heterocycles. The van der Waals surface area contributed by atoms with Crippen molar-refractivity contribution in [3.8, 4) is 5.75 Å². The van der Waals surface area contributed by atoms with Gasteiger partial charge >= 0.3 is 0 Å². The van der Waals surface area contributed by atoms with Crippen LogP contribution in [0.4, 0.5) is 0 Å². The van der Waals surface area contributed by atoms with Gasteiger partial charge in [0, 0.05) is 19.6 Å². The van der Waals surface area contributed by atoms with Crippen LogP contribution in [0.1, 0.15) is 23.1 Å². The van der Waals surface area contributed by atoms with Crippen LogP contribution in [-0.2, 0) is 17.9 Å². The van der Waals surface area contributed by atoms with Crippen LogP contribution in [0.25, 0.3) is 0 Å². The zero-order valence-electron chi connectivity index (χ0n) is 15.7. The summed E-state index contributed by atoms with van der Waals surface area (Å²) in [5, 5.41) is 3.53. The highest BCUT2D eigenvalue weighted by molar-refractivity contribution is 5.29. The number of nitrogens with one attached hydrogen (secondary N) is 1. The van der Waals surface area contributed by atoms with Gasteiger partial charge in [0.05, 0.1) is 13.2 Å². The summed E-state index contributed by atoms with van der Waals surface area (Å²) in [6.45, 7) is 9.75. The Labute approximate surface area is 157 Å². The van der Waals surface area contributed by atoms with Gasteiger partial charge in [-0.1, -0.05) is 36.4 Å². The first kappa shape index (κ1) is 18.9. The zero-order chi connectivity index (χ0) is 18.0. The lowest BCUT2D eigenvalue weighted by Crippen LogP contribution is -2.37. The third-order valence-electron chi connectivity index (χ3n) is 4.84. The van der Waals surface area contributed by atoms with Gasteiger partial charge in [-0.15, -0.1) is 0 Å². The summed E-state index contributed by atoms with van der Waals surface area (Å²) in [7, 11) is 0. The van der Waals surface area contributed by atoms with Crippen molar-refractivity contribution in [2.75, 3.05) is 39.4 Å². The molecule has 1 N–H and O–H groups in total. The minimum Gasteiger partial charge on any atom is -0.489 e. The number of nitrogens with zero attached hydrogens (tertiary/aromatic N) is 1. The fraction of sp³-hybridized carbons (Fsp3) is 0.455. The van der Waals surface area contributed by atoms with E-state index in [1.165, 1.54) is 23.1 Å². The lowest BCUT2D eigenvalue weighted by atomic mass is 10.1. The van der Waals surface area contributed by atoms with Crippen LogP contribution in [0.3, 0.4) is 0 Å². The Kier molecular flexibility index (Phi) is 7.50. The van der Waals surface area contributed by atoms with Crippen LogP contribution in [0.15, 0.2) is 48.5 Å². The highest BCUT2D eigenvalue weighted by atomic mass is 16.5. The molecule has 0 radical (unpaired) electrons. The fourth-order valence-corrected chi connectivity index (χ4v) is 3.12. The summed E-state index contributed by atoms with van der Waals surface area (Å²) in [6, 6.07) is 16.7. The summed E-state index contributed by atoms with van der Waals surface area (Å²) < 4.78 is 11.3. The van der Waals surface area contributed by atoms with Gasteiger partial charge in [0.1, 0.15) is 12.4 Å². The molecule has 0 unspecified atom stereocenters. The van der Waals surface area contributed by atoms with Gasteiger partial charge < -0.3 is 14.8 Å². The van der Waals surface area contributed by atoms with E-state index in [-0.39, 0.29) is 0 Å². The van der Waals surface area contributed by atoms with E-state index in [4.69, 9.17) is 9.47 Å². The molecule has 0 spiro atoms. The number of hydrogen-bond acceptors (Lipinski definition) is 4. The molecular weight excluding hydrogens is 324 g/mol. The van der Waals surface area contributed by atoms with Crippen molar-refractivity contribution in [2.24, 2.45) is 0 Å². The molecule has 3 rings (SSSR count). The van der Waals surface area contributed by atoms with Crippen molar-refractivity contribution in [1.82, 2.24) is 10.2 Å². The summed E-state index contributed by atoms with van der Waals surface area (Å²) in [5.41, 5.74) is 3.79. The molecule has 0 aromatic heterocycles. The molecule has 1 aliphatic rings. The Morgan fingerprint density at radius 2 is 1.81 bits per heavy atom. The molecule has 1 aliphatic heterocycles. The standard InChI is InChI=1S/C22H30N2O2/c1-19-5-2-3-6-21(19)18-26-22-9-7-20(8-10-22)17-23-11-4-12-24-13-15-25-16-14-24/h2-3,5-10,23H,4,11-18H2,1H3. The molecule has 1 saturated heterocycles. The van der Waals surface area contributed by atoms with Crippen LogP contribution in [-0.4, -0.2) is 44.3 Å². The van der Waals surface area contributed by atoms with Crippen molar-refractivity contribution >= 4 is 0 Å². The number of aryl methyl sites for hydroxylation is 1. The van der Waals surface area contributed by atoms with E-state index in [0.29, 0.717) is 6.61 Å². The molecule has 2 aromatic carbocycles. The summed E-state index contributed by atoms with van der Waals surface area (Å²) in [6.07, 6.45) is 1.18. The SMILES string of the molecule is Cc1ccccc1COc1ccc(CNCCCN2CCOCC2)cc1. The van der Waals surface area contributed by atoms with Crippen molar-refractivity contribution in [3.63, 3.8) is 0 Å². The second-order valence-corrected chi connectivity index (χ2v) is 6.84. The van der Waals surface area contributed by atoms with Gasteiger partial charge in [0.2, 0.25) is 0 Å². The van der Waals surface area contributed by atoms with Crippen molar-refractivity contribution < 1.29 is 9.47 Å². The first-order valence-electron chi connectivity index (χ1n) is 9.58. The number of hydrogen-bond donors (Lipinski definition) is 1. The smallest absolute Gasteiger partial charge is 0.119 e. The Bertz CT molecular complexity index is 651. The Hall–Kier alpha value is -1.88. The van der Waals surface area contributed by atoms with Crippen LogP contribution in [0, 0.1) is 6.92 Å². The van der Waals surface area contributed by atoms with E-state index in [0.717, 1.165) is 51.7 Å². The zero-order valence-corrected chi connectivity index (χ0v) is 15.7. The van der Waals surface area contributed by atoms with Gasteiger partial charge in [-0.25, -0.2) is 0 Å². The van der Waals surface area contributed by atoms with Gasteiger partial charge in [-0.3, -0.25) is 4.90 Å². The molecular formula is C22H30N2O2. The van der Waals surface area contributed by atoms with Crippen LogP contribution < -0.4 is 10.1 Å². The maximum Gasteiger partial charge on any atom is 0.119 e. The number of ether oxygens (including phenoxy) is 2. The second-order valence-electron chi connectivity index (χ2n) is 6.84. The second kappa shape index (κ2) is 10.3. The molecule has 0 aliphatic carbocycles. The third-order valence-corrected chi connectivity index (χ3v) is 4.84. The van der Waals surface area contributed by atoms with E-state index in [9.17, 15) is 0 Å². The normalized spacial score (nSPS) is 15.1. The molecule has 0 amide bonds. The van der Waals surface area contributed by atoms with E-state index in [2.05, 4.69) is 65.7 Å². The van der Waals surface area contributed by atoms with E-state index < -0.39 is 0 Å². The molecule has 4 heteroatoms. The predicted octanol–water partition coefficient (Wildman–Crippen LogP) is 3.39. The highest BCUT2D eigenvalue weighted by Gasteiger charge is 2.08. The summed E-state index contributed by atoms with van der Waals surface area (Å²) in [5.74, 6) is 0.921. The van der Waals surface area contributed by atoms with Crippen molar-refractivity contribution in [1.29, 1.82) is 0 Å². The van der Waals surface area contributed by atoms with Gasteiger partial charge in [-0.05, 0) is 55.3 Å². The molecule has 26 heavy (non-hydrogen) atoms. The third kappa shape index (κ3) is 6.13. The molecule has 2 aromatic rings. The first-order chi connectivity index (χ1) is 12.8. The summed E-state index contributed by atoms with van der Waals surface area (Å²) in [4.78, 5) is 2.48. The first-order valence-corrected chi connectivity index (χ1v) is 9.58. The monoisotopic (exact) mass is 354 g/mol. The van der Waals surface area contributed by atoms with Crippen LogP contribution in [0.5, 0.6) is 5.75 Å². The Morgan fingerprint density at radius 1 is 1.04 bits per heavy atom. The lowest BCUT2D eigenvalue weighted by molar-refractivity contribution is 0.0374. The van der Waals surface area contributed by atoms with Gasteiger partial charge in [-0.2, -0.15) is 0 Å². The highest BCUT2D eigenvalue weighted by Crippen LogP contribution is 2.15. The average Bonchev–Trinajstić information content (AvgIpc) is 2.69. The van der Waals surface area contributed by atoms with Gasteiger partial charge in [0.25, 0.3) is 0 Å². The maximum absolute atomic E-state index is 5.90. The number of rotatable bonds is 9. The quantitative estimate of drug-likeness (QED) is 0.700. The van der Waals surface area contributed by atoms with Gasteiger partial charge in [0.15, 0.2) is 0 Å². The topological polar surface area (TPSA) is 33.7 Å². The molecule has 0 bridgehead atoms. The maximum atomic E-state index is 5.90. The van der Waals surface area contributed by atoms with Crippen molar-refractivity contribution in [2.45, 2.75) is 26.5 Å². The van der Waals surface area contributed by atoms with E-state index >= 15 is 0 Å². The average molecular weight is 354 g/mol. The van der Waals surface area contributed by atoms with Crippen molar-refractivity contribution in [3.05, 3.63) is 65.2 Å². The Balaban J connectivity index is 1.33. The lowest BCUT2D eigenvalue weighted by Gasteiger charge is -2.26. The van der Waals surface area contributed by atoms with E-state index in [1.807, 2.05) is 0 Å². The van der Waals surface area contributed by atoms with E-state index in [1.54, 1.807) is 0 Å². The molecule has 1 fully saturated rings. The minimum atomic E-state index is 0.617. The molecule has 0 atom stereocenters.